The Labute approximate surface area is 121 Å². The molecule has 0 aliphatic carbocycles. The molecule has 0 bridgehead atoms. The van der Waals surface area contributed by atoms with Gasteiger partial charge in [0.2, 0.25) is 16.0 Å². The Morgan fingerprint density at radius 2 is 1.86 bits per heavy atom. The lowest BCUT2D eigenvalue weighted by molar-refractivity contribution is 0.102. The molecule has 1 aromatic heterocycles. The molecule has 0 unspecified atom stereocenters. The van der Waals surface area contributed by atoms with Gasteiger partial charge in [0.1, 0.15) is 0 Å². The predicted octanol–water partition coefficient (Wildman–Crippen LogP) is 1.84. The maximum Gasteiger partial charge on any atom is 0.255 e. The molecule has 1 aromatic carbocycles. The summed E-state index contributed by atoms with van der Waals surface area (Å²) in [6.07, 6.45) is 2.18. The lowest BCUT2D eigenvalue weighted by Crippen LogP contribution is -2.16. The van der Waals surface area contributed by atoms with Crippen molar-refractivity contribution in [1.29, 1.82) is 0 Å². The molecule has 2 rings (SSSR count). The summed E-state index contributed by atoms with van der Waals surface area (Å²) in [7, 11) is -3.48. The van der Waals surface area contributed by atoms with Gasteiger partial charge in [-0.05, 0) is 18.2 Å². The van der Waals surface area contributed by atoms with Gasteiger partial charge in [-0.3, -0.25) is 9.52 Å². The number of carbonyl (C=O) groups excluding carboxylic acids is 1. The van der Waals surface area contributed by atoms with Gasteiger partial charge in [0.25, 0.3) is 5.91 Å². The van der Waals surface area contributed by atoms with Gasteiger partial charge in [0.05, 0.1) is 17.6 Å². The molecule has 1 amide bonds. The molecule has 2 aromatic rings. The molecular weight excluding hydrogens is 297 g/mol. The molecule has 110 valence electrons. The lowest BCUT2D eigenvalue weighted by atomic mass is 10.2. The van der Waals surface area contributed by atoms with Crippen LogP contribution in [0, 0.1) is 5.95 Å². The van der Waals surface area contributed by atoms with E-state index >= 15 is 0 Å². The maximum atomic E-state index is 13.0. The van der Waals surface area contributed by atoms with E-state index in [0.717, 1.165) is 12.3 Å². The van der Waals surface area contributed by atoms with Crippen molar-refractivity contribution in [2.45, 2.75) is 0 Å². The zero-order valence-corrected chi connectivity index (χ0v) is 11.8. The highest BCUT2D eigenvalue weighted by atomic mass is 32.2. The number of aromatic nitrogens is 1. The van der Waals surface area contributed by atoms with Crippen molar-refractivity contribution in [2.24, 2.45) is 0 Å². The normalized spacial score (nSPS) is 11.0. The van der Waals surface area contributed by atoms with Gasteiger partial charge in [0.15, 0.2) is 0 Å². The number of carbonyl (C=O) groups is 1. The summed E-state index contributed by atoms with van der Waals surface area (Å²) in [5, 5.41) is 2.52. The third-order valence-corrected chi connectivity index (χ3v) is 3.05. The summed E-state index contributed by atoms with van der Waals surface area (Å²) in [5.41, 5.74) is 0.574. The van der Waals surface area contributed by atoms with Crippen LogP contribution in [0.5, 0.6) is 0 Å². The van der Waals surface area contributed by atoms with Crippen LogP contribution >= 0.6 is 0 Å². The summed E-state index contributed by atoms with van der Waals surface area (Å²) < 4.78 is 37.8. The first-order valence-electron chi connectivity index (χ1n) is 5.85. The second kappa shape index (κ2) is 5.88. The number of rotatable bonds is 4. The summed E-state index contributed by atoms with van der Waals surface area (Å²) in [4.78, 5) is 15.4. The maximum absolute atomic E-state index is 13.0. The van der Waals surface area contributed by atoms with Gasteiger partial charge in [-0.1, -0.05) is 12.1 Å². The Morgan fingerprint density at radius 1 is 1.19 bits per heavy atom. The van der Waals surface area contributed by atoms with Gasteiger partial charge >= 0.3 is 0 Å². The highest BCUT2D eigenvalue weighted by molar-refractivity contribution is 7.92. The number of nitrogens with one attached hydrogen (secondary N) is 2. The molecule has 0 atom stereocenters. The van der Waals surface area contributed by atoms with E-state index in [1.54, 1.807) is 12.1 Å². The Hall–Kier alpha value is -2.48. The van der Waals surface area contributed by atoms with Crippen LogP contribution in [0.3, 0.4) is 0 Å². The number of benzene rings is 1. The van der Waals surface area contributed by atoms with Crippen LogP contribution in [-0.4, -0.2) is 25.6 Å². The SMILES string of the molecule is CS(=O)(=O)Nc1ccccc1NC(=O)c1ccnc(F)c1. The summed E-state index contributed by atoms with van der Waals surface area (Å²) in [6, 6.07) is 8.63. The fraction of sp³-hybridized carbons (Fsp3) is 0.0769. The first kappa shape index (κ1) is 14.9. The number of halogens is 1. The first-order valence-corrected chi connectivity index (χ1v) is 7.74. The van der Waals surface area contributed by atoms with Crippen LogP contribution < -0.4 is 10.0 Å². The fourth-order valence-electron chi connectivity index (χ4n) is 1.62. The molecular formula is C13H12FN3O3S. The number of hydrogen-bond donors (Lipinski definition) is 2. The standard InChI is InChI=1S/C13H12FN3O3S/c1-21(19,20)17-11-5-3-2-4-10(11)16-13(18)9-6-7-15-12(14)8-9/h2-8,17H,1H3,(H,16,18). The monoisotopic (exact) mass is 309 g/mol. The molecule has 0 saturated heterocycles. The smallest absolute Gasteiger partial charge is 0.255 e. The Bertz CT molecular complexity index is 778. The highest BCUT2D eigenvalue weighted by Gasteiger charge is 2.12. The van der Waals surface area contributed by atoms with Crippen LogP contribution in [0.25, 0.3) is 0 Å². The van der Waals surface area contributed by atoms with E-state index in [1.165, 1.54) is 24.4 Å². The fourth-order valence-corrected chi connectivity index (χ4v) is 2.20. The number of sulfonamides is 1. The Kier molecular flexibility index (Phi) is 4.18. The summed E-state index contributed by atoms with van der Waals surface area (Å²) >= 11 is 0. The van der Waals surface area contributed by atoms with Crippen LogP contribution in [-0.2, 0) is 10.0 Å². The van der Waals surface area contributed by atoms with E-state index in [-0.39, 0.29) is 16.9 Å². The number of amides is 1. The van der Waals surface area contributed by atoms with Gasteiger partial charge in [-0.15, -0.1) is 0 Å². The number of para-hydroxylation sites is 2. The van der Waals surface area contributed by atoms with E-state index in [2.05, 4.69) is 15.0 Å². The highest BCUT2D eigenvalue weighted by Crippen LogP contribution is 2.22. The van der Waals surface area contributed by atoms with Crippen molar-refractivity contribution in [1.82, 2.24) is 4.98 Å². The van der Waals surface area contributed by atoms with Crippen molar-refractivity contribution in [3.05, 3.63) is 54.1 Å². The zero-order chi connectivity index (χ0) is 15.5. The minimum atomic E-state index is -3.48. The van der Waals surface area contributed by atoms with Crippen molar-refractivity contribution < 1.29 is 17.6 Å². The van der Waals surface area contributed by atoms with E-state index < -0.39 is 21.9 Å². The average Bonchev–Trinajstić information content (AvgIpc) is 2.39. The van der Waals surface area contributed by atoms with Crippen molar-refractivity contribution >= 4 is 27.3 Å². The topological polar surface area (TPSA) is 88.2 Å². The largest absolute Gasteiger partial charge is 0.320 e. The summed E-state index contributed by atoms with van der Waals surface area (Å²) in [5.74, 6) is -1.34. The first-order chi connectivity index (χ1) is 9.85. The van der Waals surface area contributed by atoms with Crippen molar-refractivity contribution in [3.8, 4) is 0 Å². The molecule has 1 heterocycles. The van der Waals surface area contributed by atoms with E-state index in [1.807, 2.05) is 0 Å². The van der Waals surface area contributed by atoms with Crippen molar-refractivity contribution in [3.63, 3.8) is 0 Å². The molecule has 0 radical (unpaired) electrons. The third kappa shape index (κ3) is 4.25. The average molecular weight is 309 g/mol. The molecule has 2 N–H and O–H groups in total. The van der Waals surface area contributed by atoms with E-state index in [4.69, 9.17) is 0 Å². The van der Waals surface area contributed by atoms with Gasteiger partial charge < -0.3 is 5.32 Å². The van der Waals surface area contributed by atoms with Gasteiger partial charge in [-0.2, -0.15) is 4.39 Å². The number of pyridine rings is 1. The predicted molar refractivity (Wildman–Crippen MR) is 77.1 cm³/mol. The van der Waals surface area contributed by atoms with Crippen LogP contribution in [0.1, 0.15) is 10.4 Å². The lowest BCUT2D eigenvalue weighted by Gasteiger charge is -2.11. The van der Waals surface area contributed by atoms with Crippen molar-refractivity contribution in [2.75, 3.05) is 16.3 Å². The van der Waals surface area contributed by atoms with Crippen LogP contribution in [0.2, 0.25) is 0 Å². The second-order valence-corrected chi connectivity index (χ2v) is 5.99. The molecule has 0 fully saturated rings. The molecule has 0 aliphatic rings. The van der Waals surface area contributed by atoms with E-state index in [9.17, 15) is 17.6 Å². The number of hydrogen-bond acceptors (Lipinski definition) is 4. The molecule has 0 spiro atoms. The Morgan fingerprint density at radius 3 is 2.48 bits per heavy atom. The third-order valence-electron chi connectivity index (χ3n) is 2.46. The minimum absolute atomic E-state index is 0.0802. The number of nitrogens with zero attached hydrogens (tertiary/aromatic N) is 1. The van der Waals surface area contributed by atoms with Gasteiger partial charge in [0, 0.05) is 17.8 Å². The molecule has 21 heavy (non-hydrogen) atoms. The molecule has 6 nitrogen and oxygen atoms in total. The number of anilines is 2. The molecule has 0 saturated carbocycles. The van der Waals surface area contributed by atoms with Gasteiger partial charge in [-0.25, -0.2) is 13.4 Å². The Balaban J connectivity index is 2.26. The quantitative estimate of drug-likeness (QED) is 0.844. The second-order valence-electron chi connectivity index (χ2n) is 4.24. The van der Waals surface area contributed by atoms with E-state index in [0.29, 0.717) is 0 Å². The van der Waals surface area contributed by atoms with Crippen LogP contribution in [0.4, 0.5) is 15.8 Å². The molecule has 0 aliphatic heterocycles. The zero-order valence-electron chi connectivity index (χ0n) is 11.0. The van der Waals surface area contributed by atoms with Crippen LogP contribution in [0.15, 0.2) is 42.6 Å². The summed E-state index contributed by atoms with van der Waals surface area (Å²) in [6.45, 7) is 0. The molecule has 8 heteroatoms. The minimum Gasteiger partial charge on any atom is -0.320 e.